The van der Waals surface area contributed by atoms with Gasteiger partial charge >= 0.3 is 12.2 Å². The summed E-state index contributed by atoms with van der Waals surface area (Å²) in [5.41, 5.74) is -0.393. The van der Waals surface area contributed by atoms with E-state index in [-0.39, 0.29) is 30.3 Å². The van der Waals surface area contributed by atoms with Crippen LogP contribution in [0.4, 0.5) is 9.59 Å². The summed E-state index contributed by atoms with van der Waals surface area (Å²) in [4.78, 5) is 51.4. The number of rotatable bonds is 15. The molecule has 0 radical (unpaired) electrons. The molecule has 3 aliphatic rings. The zero-order chi connectivity index (χ0) is 29.2. The van der Waals surface area contributed by atoms with Crippen LogP contribution in [0.5, 0.6) is 0 Å². The van der Waals surface area contributed by atoms with Crippen molar-refractivity contribution in [2.24, 2.45) is 17.8 Å². The predicted octanol–water partition coefficient (Wildman–Crippen LogP) is 5.10. The van der Waals surface area contributed by atoms with E-state index >= 15 is 0 Å². The highest BCUT2D eigenvalue weighted by Gasteiger charge is 2.49. The van der Waals surface area contributed by atoms with Crippen molar-refractivity contribution in [2.45, 2.75) is 89.4 Å². The van der Waals surface area contributed by atoms with Crippen LogP contribution in [-0.4, -0.2) is 71.6 Å². The van der Waals surface area contributed by atoms with Gasteiger partial charge in [0.2, 0.25) is 0 Å². The van der Waals surface area contributed by atoms with E-state index < -0.39 is 23.6 Å². The number of fused-ring (bicyclic) bond motifs is 1. The molecule has 10 nitrogen and oxygen atoms in total. The number of carbonyl (C=O) groups excluding carboxylic acids is 4. The minimum absolute atomic E-state index is 0.0398. The van der Waals surface area contributed by atoms with Crippen LogP contribution in [0.2, 0.25) is 0 Å². The number of nitrogens with one attached hydrogen (secondary N) is 1. The highest BCUT2D eigenvalue weighted by molar-refractivity contribution is 8.77. The Morgan fingerprint density at radius 2 is 1.62 bits per heavy atom. The molecule has 3 amide bonds. The van der Waals surface area contributed by atoms with Gasteiger partial charge in [0, 0.05) is 49.3 Å². The van der Waals surface area contributed by atoms with Crippen molar-refractivity contribution in [3.8, 4) is 11.8 Å². The normalized spacial score (nSPS) is 22.4. The van der Waals surface area contributed by atoms with Crippen LogP contribution in [0.1, 0.15) is 79.1 Å². The molecule has 0 spiro atoms. The Balaban J connectivity index is 1.19. The lowest BCUT2D eigenvalue weighted by molar-refractivity contribution is -0.176. The number of amides is 3. The van der Waals surface area contributed by atoms with E-state index in [1.807, 2.05) is 13.8 Å². The molecule has 0 bridgehead atoms. The Hall–Kier alpha value is -2.10. The van der Waals surface area contributed by atoms with Gasteiger partial charge in [-0.3, -0.25) is 14.4 Å². The van der Waals surface area contributed by atoms with Crippen molar-refractivity contribution in [1.82, 2.24) is 10.4 Å². The van der Waals surface area contributed by atoms with E-state index in [0.29, 0.717) is 54.7 Å². The Labute approximate surface area is 245 Å². The molecular formula is C28H42N2O8S2. The number of carbonyl (C=O) groups is 4. The van der Waals surface area contributed by atoms with Gasteiger partial charge in [-0.2, -0.15) is 0 Å². The van der Waals surface area contributed by atoms with Crippen molar-refractivity contribution < 1.29 is 38.2 Å². The number of alkyl carbamates (subject to hydrolysis) is 1. The van der Waals surface area contributed by atoms with Crippen molar-refractivity contribution in [1.29, 1.82) is 0 Å². The summed E-state index contributed by atoms with van der Waals surface area (Å²) in [6.07, 6.45) is 4.26. The van der Waals surface area contributed by atoms with E-state index in [9.17, 15) is 19.2 Å². The first kappa shape index (κ1) is 32.4. The summed E-state index contributed by atoms with van der Waals surface area (Å²) in [7, 11) is 3.22. The minimum atomic E-state index is -1.06. The monoisotopic (exact) mass is 598 g/mol. The van der Waals surface area contributed by atoms with E-state index in [1.54, 1.807) is 21.6 Å². The summed E-state index contributed by atoms with van der Waals surface area (Å²) >= 11 is 0. The van der Waals surface area contributed by atoms with Gasteiger partial charge in [0.25, 0.3) is 11.8 Å². The molecule has 0 aromatic carbocycles. The van der Waals surface area contributed by atoms with Gasteiger partial charge in [-0.25, -0.2) is 9.59 Å². The van der Waals surface area contributed by atoms with Gasteiger partial charge in [0.05, 0.1) is 12.2 Å². The SMILES string of the molecule is CC(C)(CCNC(=O)OCC1C2CCC#CCCC21)OCCC(C)(C)SSCCOC(=O)ON1C(=O)CCC1=O. The Morgan fingerprint density at radius 1 is 0.975 bits per heavy atom. The quantitative estimate of drug-likeness (QED) is 0.0896. The van der Waals surface area contributed by atoms with E-state index in [1.165, 1.54) is 0 Å². The molecule has 1 saturated carbocycles. The van der Waals surface area contributed by atoms with Crippen molar-refractivity contribution in [2.75, 3.05) is 32.1 Å². The van der Waals surface area contributed by atoms with Crippen LogP contribution in [0.25, 0.3) is 0 Å². The Kier molecular flexibility index (Phi) is 12.3. The fraction of sp³-hybridized carbons (Fsp3) is 0.786. The van der Waals surface area contributed by atoms with E-state index in [4.69, 9.17) is 14.2 Å². The molecule has 40 heavy (non-hydrogen) atoms. The van der Waals surface area contributed by atoms with Crippen LogP contribution in [0.3, 0.4) is 0 Å². The first-order valence-electron chi connectivity index (χ1n) is 14.0. The van der Waals surface area contributed by atoms with Crippen molar-refractivity contribution >= 4 is 45.7 Å². The van der Waals surface area contributed by atoms with Crippen LogP contribution in [0, 0.1) is 29.6 Å². The second-order valence-corrected chi connectivity index (χ2v) is 14.6. The molecule has 1 aliphatic heterocycles. The lowest BCUT2D eigenvalue weighted by Crippen LogP contribution is -2.34. The molecule has 3 rings (SSSR count). The number of hydroxylamine groups is 2. The van der Waals surface area contributed by atoms with Crippen molar-refractivity contribution in [3.05, 3.63) is 0 Å². The third kappa shape index (κ3) is 11.1. The summed E-state index contributed by atoms with van der Waals surface area (Å²) in [6, 6.07) is 0. The van der Waals surface area contributed by atoms with Gasteiger partial charge in [-0.1, -0.05) is 26.7 Å². The third-order valence-corrected chi connectivity index (χ3v) is 10.6. The molecular weight excluding hydrogens is 556 g/mol. The van der Waals surface area contributed by atoms with Crippen LogP contribution in [-0.2, 0) is 28.6 Å². The van der Waals surface area contributed by atoms with E-state index in [2.05, 4.69) is 35.8 Å². The maximum Gasteiger partial charge on any atom is 0.533 e. The largest absolute Gasteiger partial charge is 0.533 e. The second-order valence-electron chi connectivity index (χ2n) is 11.5. The average Bonchev–Trinajstić information content (AvgIpc) is 3.41. The summed E-state index contributed by atoms with van der Waals surface area (Å²) in [5.74, 6) is 7.65. The van der Waals surface area contributed by atoms with Gasteiger partial charge in [-0.05, 0) is 71.1 Å². The molecule has 2 aliphatic carbocycles. The first-order valence-corrected chi connectivity index (χ1v) is 16.3. The average molecular weight is 599 g/mol. The number of nitrogens with zero attached hydrogens (tertiary/aromatic N) is 1. The van der Waals surface area contributed by atoms with E-state index in [0.717, 1.165) is 32.1 Å². The van der Waals surface area contributed by atoms with Crippen molar-refractivity contribution in [3.63, 3.8) is 0 Å². The number of imide groups is 1. The van der Waals surface area contributed by atoms with Gasteiger partial charge in [-0.15, -0.1) is 11.8 Å². The van der Waals surface area contributed by atoms with Gasteiger partial charge in [0.15, 0.2) is 0 Å². The predicted molar refractivity (Wildman–Crippen MR) is 153 cm³/mol. The minimum Gasteiger partial charge on any atom is -0.449 e. The maximum atomic E-state index is 12.2. The molecule has 2 atom stereocenters. The summed E-state index contributed by atoms with van der Waals surface area (Å²) in [6.45, 7) is 9.88. The number of hydrogen-bond acceptors (Lipinski definition) is 10. The Morgan fingerprint density at radius 3 is 2.27 bits per heavy atom. The topological polar surface area (TPSA) is 120 Å². The highest BCUT2D eigenvalue weighted by Crippen LogP contribution is 2.52. The van der Waals surface area contributed by atoms with Gasteiger partial charge in [0.1, 0.15) is 6.61 Å². The molecule has 224 valence electrons. The lowest BCUT2D eigenvalue weighted by atomic mass is 10.0. The molecule has 0 aromatic heterocycles. The number of ether oxygens (including phenoxy) is 3. The fourth-order valence-electron chi connectivity index (χ4n) is 4.78. The van der Waals surface area contributed by atoms with Crippen LogP contribution >= 0.6 is 21.6 Å². The Bertz CT molecular complexity index is 943. The van der Waals surface area contributed by atoms with Crippen LogP contribution < -0.4 is 5.32 Å². The maximum absolute atomic E-state index is 12.2. The van der Waals surface area contributed by atoms with Crippen LogP contribution in [0.15, 0.2) is 0 Å². The second kappa shape index (κ2) is 15.2. The molecule has 2 unspecified atom stereocenters. The smallest absolute Gasteiger partial charge is 0.449 e. The lowest BCUT2D eigenvalue weighted by Gasteiger charge is -2.29. The molecule has 0 aromatic rings. The number of hydrogen-bond donors (Lipinski definition) is 1. The van der Waals surface area contributed by atoms with Gasteiger partial charge < -0.3 is 19.5 Å². The standard InChI is InChI=1S/C28H42N2O8S2/c1-27(2,13-15-29-25(33)36-19-22-20-9-7-5-6-8-10-21(20)22)37-16-14-28(3,4)40-39-18-17-35-26(34)38-30-23(31)11-12-24(30)32/h20-22H,7-19H2,1-4H3,(H,29,33). The summed E-state index contributed by atoms with van der Waals surface area (Å²) in [5, 5.41) is 3.32. The molecule has 1 saturated heterocycles. The molecule has 1 heterocycles. The third-order valence-electron chi connectivity index (χ3n) is 7.28. The molecule has 12 heteroatoms. The fourth-order valence-corrected chi connectivity index (χ4v) is 7.16. The molecule has 2 fully saturated rings. The summed E-state index contributed by atoms with van der Waals surface area (Å²) < 4.78 is 16.5. The first-order chi connectivity index (χ1) is 19.0. The zero-order valence-electron chi connectivity index (χ0n) is 24.0. The zero-order valence-corrected chi connectivity index (χ0v) is 25.6. The molecule has 1 N–H and O–H groups in total. The highest BCUT2D eigenvalue weighted by atomic mass is 33.1.